The molecule has 2 N–H and O–H groups in total. The molecule has 0 aromatic heterocycles. The lowest BCUT2D eigenvalue weighted by Crippen LogP contribution is -2.14. The maximum Gasteiger partial charge on any atom is 0.255 e. The Kier molecular flexibility index (Phi) is 5.52. The molecule has 3 aromatic carbocycles. The van der Waals surface area contributed by atoms with Gasteiger partial charge in [-0.05, 0) is 55.5 Å². The number of carbonyl (C=O) groups excluding carboxylic acids is 2. The lowest BCUT2D eigenvalue weighted by Gasteiger charge is -2.08. The zero-order valence-electron chi connectivity index (χ0n) is 15.2. The molecule has 0 saturated heterocycles. The van der Waals surface area contributed by atoms with E-state index in [4.69, 9.17) is 4.74 Å². The quantitative estimate of drug-likeness (QED) is 0.703. The standard InChI is InChI=1S/C22H20N2O3/c1-15-6-12-18(13-7-15)23-21(25)16-8-10-17(11-9-16)22(26)24-19-4-3-5-20(14-19)27-2/h3-14H,1-2H3,(H,23,25)(H,24,26). The summed E-state index contributed by atoms with van der Waals surface area (Å²) in [5.41, 5.74) is 3.43. The van der Waals surface area contributed by atoms with E-state index in [0.717, 1.165) is 11.3 Å². The van der Waals surface area contributed by atoms with Crippen molar-refractivity contribution in [3.05, 3.63) is 89.5 Å². The van der Waals surface area contributed by atoms with Crippen LogP contribution in [0.3, 0.4) is 0 Å². The largest absolute Gasteiger partial charge is 0.497 e. The van der Waals surface area contributed by atoms with E-state index >= 15 is 0 Å². The third-order valence-electron chi connectivity index (χ3n) is 4.05. The number of methoxy groups -OCH3 is 1. The molecule has 3 aromatic rings. The summed E-state index contributed by atoms with van der Waals surface area (Å²) in [6.45, 7) is 1.99. The first-order valence-electron chi connectivity index (χ1n) is 8.48. The van der Waals surface area contributed by atoms with Gasteiger partial charge >= 0.3 is 0 Å². The fraction of sp³-hybridized carbons (Fsp3) is 0.0909. The van der Waals surface area contributed by atoms with Crippen LogP contribution >= 0.6 is 0 Å². The van der Waals surface area contributed by atoms with E-state index in [-0.39, 0.29) is 11.8 Å². The minimum atomic E-state index is -0.256. The topological polar surface area (TPSA) is 67.4 Å². The van der Waals surface area contributed by atoms with Gasteiger partial charge in [0.2, 0.25) is 0 Å². The van der Waals surface area contributed by atoms with Gasteiger partial charge in [0.05, 0.1) is 7.11 Å². The predicted molar refractivity (Wildman–Crippen MR) is 107 cm³/mol. The van der Waals surface area contributed by atoms with Crippen LogP contribution in [0.4, 0.5) is 11.4 Å². The van der Waals surface area contributed by atoms with Gasteiger partial charge in [0.25, 0.3) is 11.8 Å². The minimum absolute atomic E-state index is 0.224. The third-order valence-corrected chi connectivity index (χ3v) is 4.05. The Hall–Kier alpha value is -3.60. The van der Waals surface area contributed by atoms with Crippen molar-refractivity contribution in [3.63, 3.8) is 0 Å². The van der Waals surface area contributed by atoms with Crippen molar-refractivity contribution in [2.75, 3.05) is 17.7 Å². The Morgan fingerprint density at radius 2 is 1.30 bits per heavy atom. The van der Waals surface area contributed by atoms with Gasteiger partial charge in [-0.1, -0.05) is 23.8 Å². The fourth-order valence-corrected chi connectivity index (χ4v) is 2.52. The van der Waals surface area contributed by atoms with Crippen LogP contribution in [0.15, 0.2) is 72.8 Å². The van der Waals surface area contributed by atoms with Crippen molar-refractivity contribution in [1.29, 1.82) is 0 Å². The number of nitrogens with one attached hydrogen (secondary N) is 2. The van der Waals surface area contributed by atoms with Crippen LogP contribution in [-0.2, 0) is 0 Å². The van der Waals surface area contributed by atoms with Gasteiger partial charge < -0.3 is 15.4 Å². The molecule has 0 aliphatic rings. The Bertz CT molecular complexity index is 948. The molecular formula is C22H20N2O3. The van der Waals surface area contributed by atoms with E-state index in [1.807, 2.05) is 31.2 Å². The van der Waals surface area contributed by atoms with Crippen LogP contribution in [0.2, 0.25) is 0 Å². The molecule has 0 saturated carbocycles. The molecule has 0 bridgehead atoms. The van der Waals surface area contributed by atoms with Crippen molar-refractivity contribution in [3.8, 4) is 5.75 Å². The van der Waals surface area contributed by atoms with Gasteiger partial charge in [-0.25, -0.2) is 0 Å². The van der Waals surface area contributed by atoms with Gasteiger partial charge in [0.15, 0.2) is 0 Å². The lowest BCUT2D eigenvalue weighted by molar-refractivity contribution is 0.101. The monoisotopic (exact) mass is 360 g/mol. The van der Waals surface area contributed by atoms with Crippen LogP contribution in [0.1, 0.15) is 26.3 Å². The van der Waals surface area contributed by atoms with Gasteiger partial charge in [0.1, 0.15) is 5.75 Å². The minimum Gasteiger partial charge on any atom is -0.497 e. The summed E-state index contributed by atoms with van der Waals surface area (Å²) in [5.74, 6) is 0.184. The summed E-state index contributed by atoms with van der Waals surface area (Å²) in [5, 5.41) is 5.64. The van der Waals surface area contributed by atoms with Crippen molar-refractivity contribution >= 4 is 23.2 Å². The Balaban J connectivity index is 1.66. The molecule has 3 rings (SSSR count). The molecule has 0 unspecified atom stereocenters. The zero-order chi connectivity index (χ0) is 19.2. The molecule has 5 heteroatoms. The molecule has 0 fully saturated rings. The van der Waals surface area contributed by atoms with Crippen LogP contribution in [0.25, 0.3) is 0 Å². The van der Waals surface area contributed by atoms with Crippen LogP contribution in [-0.4, -0.2) is 18.9 Å². The number of rotatable bonds is 5. The number of anilines is 2. The van der Waals surface area contributed by atoms with Crippen molar-refractivity contribution in [2.45, 2.75) is 6.92 Å². The van der Waals surface area contributed by atoms with E-state index < -0.39 is 0 Å². The number of hydrogen-bond donors (Lipinski definition) is 2. The summed E-state index contributed by atoms with van der Waals surface area (Å²) in [7, 11) is 1.57. The molecular weight excluding hydrogens is 340 g/mol. The molecule has 2 amide bonds. The number of benzene rings is 3. The summed E-state index contributed by atoms with van der Waals surface area (Å²) >= 11 is 0. The highest BCUT2D eigenvalue weighted by Crippen LogP contribution is 2.18. The normalized spacial score (nSPS) is 10.1. The first-order valence-corrected chi connectivity index (χ1v) is 8.48. The van der Waals surface area contributed by atoms with Crippen LogP contribution in [0, 0.1) is 6.92 Å². The summed E-state index contributed by atoms with van der Waals surface area (Å²) in [6, 6.07) is 21.2. The Morgan fingerprint density at radius 1 is 0.741 bits per heavy atom. The van der Waals surface area contributed by atoms with E-state index in [1.54, 1.807) is 55.6 Å². The molecule has 0 atom stereocenters. The van der Waals surface area contributed by atoms with Gasteiger partial charge in [-0.3, -0.25) is 9.59 Å². The van der Waals surface area contributed by atoms with E-state index in [0.29, 0.717) is 22.6 Å². The smallest absolute Gasteiger partial charge is 0.255 e. The summed E-state index contributed by atoms with van der Waals surface area (Å²) in [4.78, 5) is 24.7. The first kappa shape index (κ1) is 18.2. The van der Waals surface area contributed by atoms with Gasteiger partial charge in [0, 0.05) is 28.6 Å². The number of carbonyl (C=O) groups is 2. The first-order chi connectivity index (χ1) is 13.0. The van der Waals surface area contributed by atoms with Gasteiger partial charge in [-0.15, -0.1) is 0 Å². The summed E-state index contributed by atoms with van der Waals surface area (Å²) in [6.07, 6.45) is 0. The number of ether oxygens (including phenoxy) is 1. The van der Waals surface area contributed by atoms with Crippen LogP contribution < -0.4 is 15.4 Å². The molecule has 0 spiro atoms. The van der Waals surface area contributed by atoms with E-state index in [1.165, 1.54) is 0 Å². The molecule has 27 heavy (non-hydrogen) atoms. The number of hydrogen-bond acceptors (Lipinski definition) is 3. The highest BCUT2D eigenvalue weighted by atomic mass is 16.5. The number of aryl methyl sites for hydroxylation is 1. The highest BCUT2D eigenvalue weighted by molar-refractivity contribution is 6.07. The average molecular weight is 360 g/mol. The third kappa shape index (κ3) is 4.73. The lowest BCUT2D eigenvalue weighted by atomic mass is 10.1. The van der Waals surface area contributed by atoms with Crippen molar-refractivity contribution < 1.29 is 14.3 Å². The second kappa shape index (κ2) is 8.19. The second-order valence-electron chi connectivity index (χ2n) is 6.08. The predicted octanol–water partition coefficient (Wildman–Crippen LogP) is 4.51. The molecule has 0 radical (unpaired) electrons. The average Bonchev–Trinajstić information content (AvgIpc) is 2.70. The van der Waals surface area contributed by atoms with Gasteiger partial charge in [-0.2, -0.15) is 0 Å². The second-order valence-corrected chi connectivity index (χ2v) is 6.08. The number of amides is 2. The Labute approximate surface area is 158 Å². The maximum absolute atomic E-state index is 12.4. The Morgan fingerprint density at radius 3 is 1.85 bits per heavy atom. The zero-order valence-corrected chi connectivity index (χ0v) is 15.2. The molecule has 136 valence electrons. The van der Waals surface area contributed by atoms with Crippen molar-refractivity contribution in [1.82, 2.24) is 0 Å². The van der Waals surface area contributed by atoms with E-state index in [2.05, 4.69) is 10.6 Å². The molecule has 0 aliphatic carbocycles. The van der Waals surface area contributed by atoms with Crippen LogP contribution in [0.5, 0.6) is 5.75 Å². The molecule has 0 heterocycles. The SMILES string of the molecule is COc1cccc(NC(=O)c2ccc(C(=O)Nc3ccc(C)cc3)cc2)c1. The highest BCUT2D eigenvalue weighted by Gasteiger charge is 2.10. The maximum atomic E-state index is 12.4. The fourth-order valence-electron chi connectivity index (χ4n) is 2.52. The van der Waals surface area contributed by atoms with E-state index in [9.17, 15) is 9.59 Å². The summed E-state index contributed by atoms with van der Waals surface area (Å²) < 4.78 is 5.14. The van der Waals surface area contributed by atoms with Crippen molar-refractivity contribution in [2.24, 2.45) is 0 Å². The molecule has 5 nitrogen and oxygen atoms in total. The molecule has 0 aliphatic heterocycles.